The van der Waals surface area contributed by atoms with E-state index in [4.69, 9.17) is 28.4 Å². The van der Waals surface area contributed by atoms with Crippen molar-refractivity contribution in [2.24, 2.45) is 0 Å². The van der Waals surface area contributed by atoms with Crippen LogP contribution in [0.2, 0.25) is 0 Å². The number of aliphatic hydroxyl groups excluding tert-OH is 1. The molecule has 288 valence electrons. The number of aliphatic hydroxyl groups is 1. The molecule has 7 nitrogen and oxygen atoms in total. The summed E-state index contributed by atoms with van der Waals surface area (Å²) in [4.78, 5) is 0. The van der Waals surface area contributed by atoms with Gasteiger partial charge in [-0.05, 0) is 45.0 Å². The lowest BCUT2D eigenvalue weighted by Gasteiger charge is -2.46. The van der Waals surface area contributed by atoms with Gasteiger partial charge in [-0.25, -0.2) is 0 Å². The van der Waals surface area contributed by atoms with Crippen LogP contribution in [0.4, 0.5) is 0 Å². The number of hydrogen-bond donors (Lipinski definition) is 1. The summed E-state index contributed by atoms with van der Waals surface area (Å²) in [6, 6.07) is 56.6. The Kier molecular flexibility index (Phi) is 14.5. The van der Waals surface area contributed by atoms with Gasteiger partial charge in [0.05, 0.1) is 45.7 Å². The molecule has 1 fully saturated rings. The maximum atomic E-state index is 10.1. The fraction of sp³-hybridized carbons (Fsp3) is 0.265. The van der Waals surface area contributed by atoms with Gasteiger partial charge in [0, 0.05) is 6.42 Å². The molecule has 1 saturated heterocycles. The molecule has 1 aliphatic rings. The lowest BCUT2D eigenvalue weighted by molar-refractivity contribution is -0.272. The summed E-state index contributed by atoms with van der Waals surface area (Å²) >= 11 is 0. The van der Waals surface area contributed by atoms with Crippen LogP contribution >= 0.6 is 0 Å². The zero-order valence-electron chi connectivity index (χ0n) is 31.6. The molecular formula is C49H50O7. The zero-order valence-corrected chi connectivity index (χ0v) is 31.6. The lowest BCUT2D eigenvalue weighted by Crippen LogP contribution is -2.61. The largest absolute Gasteiger partial charge is 0.489 e. The van der Waals surface area contributed by atoms with Gasteiger partial charge in [0.15, 0.2) is 0 Å². The van der Waals surface area contributed by atoms with Gasteiger partial charge >= 0.3 is 0 Å². The third-order valence-corrected chi connectivity index (χ3v) is 9.95. The highest BCUT2D eigenvalue weighted by molar-refractivity contribution is 5.38. The van der Waals surface area contributed by atoms with Gasteiger partial charge in [-0.3, -0.25) is 0 Å². The van der Waals surface area contributed by atoms with E-state index in [1.54, 1.807) is 0 Å². The van der Waals surface area contributed by atoms with Crippen LogP contribution in [-0.4, -0.2) is 42.2 Å². The van der Waals surface area contributed by atoms with Gasteiger partial charge in [-0.1, -0.05) is 164 Å². The molecule has 6 aromatic rings. The van der Waals surface area contributed by atoms with E-state index >= 15 is 0 Å². The van der Waals surface area contributed by atoms with Gasteiger partial charge in [0.25, 0.3) is 0 Å². The number of ether oxygens (including phenoxy) is 6. The van der Waals surface area contributed by atoms with Crippen molar-refractivity contribution in [3.63, 3.8) is 0 Å². The molecule has 1 N–H and O–H groups in total. The zero-order chi connectivity index (χ0) is 38.2. The fourth-order valence-electron chi connectivity index (χ4n) is 7.00. The van der Waals surface area contributed by atoms with Crippen LogP contribution < -0.4 is 4.74 Å². The molecule has 1 heterocycles. The van der Waals surface area contributed by atoms with E-state index in [0.717, 1.165) is 38.9 Å². The van der Waals surface area contributed by atoms with E-state index in [-0.39, 0.29) is 13.2 Å². The van der Waals surface area contributed by atoms with Crippen LogP contribution in [0.15, 0.2) is 170 Å². The summed E-state index contributed by atoms with van der Waals surface area (Å²) in [6.07, 6.45) is -2.10. The minimum absolute atomic E-state index is 0.0959. The number of rotatable bonds is 19. The van der Waals surface area contributed by atoms with E-state index in [9.17, 15) is 5.11 Å². The van der Waals surface area contributed by atoms with Crippen molar-refractivity contribution in [1.29, 1.82) is 0 Å². The highest BCUT2D eigenvalue weighted by atomic mass is 16.6. The van der Waals surface area contributed by atoms with Crippen molar-refractivity contribution >= 4 is 0 Å². The summed E-state index contributed by atoms with van der Waals surface area (Å²) in [5, 5.41) is 10.1. The molecule has 7 heteroatoms. The first-order valence-electron chi connectivity index (χ1n) is 19.3. The molecule has 0 aromatic heterocycles. The molecule has 5 atom stereocenters. The molecule has 0 amide bonds. The Labute approximate surface area is 330 Å². The smallest absolute Gasteiger partial charge is 0.123 e. The average molecular weight is 751 g/mol. The maximum absolute atomic E-state index is 10.1. The monoisotopic (exact) mass is 750 g/mol. The Morgan fingerprint density at radius 2 is 0.857 bits per heavy atom. The van der Waals surface area contributed by atoms with Crippen LogP contribution in [0.3, 0.4) is 0 Å². The summed E-state index contributed by atoms with van der Waals surface area (Å²) in [5.41, 5.74) is 6.97. The Morgan fingerprint density at radius 3 is 1.34 bits per heavy atom. The van der Waals surface area contributed by atoms with Crippen molar-refractivity contribution in [1.82, 2.24) is 0 Å². The number of benzene rings is 6. The second-order valence-electron chi connectivity index (χ2n) is 14.1. The van der Waals surface area contributed by atoms with E-state index in [1.807, 2.05) is 121 Å². The van der Waals surface area contributed by atoms with Crippen LogP contribution in [0.5, 0.6) is 5.75 Å². The highest BCUT2D eigenvalue weighted by Crippen LogP contribution is 2.34. The first-order valence-corrected chi connectivity index (χ1v) is 19.3. The minimum atomic E-state index is -0.537. The first kappa shape index (κ1) is 39.1. The topological polar surface area (TPSA) is 75.6 Å². The van der Waals surface area contributed by atoms with Gasteiger partial charge in [-0.15, -0.1) is 0 Å². The Balaban J connectivity index is 1.23. The minimum Gasteiger partial charge on any atom is -0.489 e. The van der Waals surface area contributed by atoms with Crippen LogP contribution in [-0.2, 0) is 69.7 Å². The second kappa shape index (κ2) is 20.7. The predicted molar refractivity (Wildman–Crippen MR) is 217 cm³/mol. The molecule has 6 aromatic carbocycles. The number of hydrogen-bond acceptors (Lipinski definition) is 7. The summed E-state index contributed by atoms with van der Waals surface area (Å²) < 4.78 is 40.7. The molecule has 0 unspecified atom stereocenters. The van der Waals surface area contributed by atoms with Crippen molar-refractivity contribution < 1.29 is 33.5 Å². The van der Waals surface area contributed by atoms with Crippen LogP contribution in [0.1, 0.15) is 38.9 Å². The third-order valence-electron chi connectivity index (χ3n) is 9.95. The van der Waals surface area contributed by atoms with E-state index in [0.29, 0.717) is 45.2 Å². The third kappa shape index (κ3) is 11.2. The van der Waals surface area contributed by atoms with Crippen LogP contribution in [0, 0.1) is 0 Å². The maximum Gasteiger partial charge on any atom is 0.123 e. The van der Waals surface area contributed by atoms with Gasteiger partial charge in [-0.2, -0.15) is 0 Å². The second-order valence-corrected chi connectivity index (χ2v) is 14.1. The Hall–Kier alpha value is -5.12. The van der Waals surface area contributed by atoms with Crippen LogP contribution in [0.25, 0.3) is 0 Å². The van der Waals surface area contributed by atoms with Gasteiger partial charge in [0.2, 0.25) is 0 Å². The normalized spacial score (nSPS) is 19.4. The molecule has 1 aliphatic heterocycles. The SMILES string of the molecule is OCc1ccc(C[C@@H]2O[C@H](COCc3ccccc3)[C@@H](OCc3ccccc3)[C@H](OCc3ccccc3)[C@H]2OCc2ccccc2)c(OCc2ccccc2)c1. The average Bonchev–Trinajstić information content (AvgIpc) is 3.26. The van der Waals surface area contributed by atoms with E-state index in [1.165, 1.54) is 0 Å². The standard InChI is InChI=1S/C49H50O7/c50-30-42-26-27-43(44(28-42)52-32-38-18-8-2-9-19-38)29-45-47(53-33-39-20-10-3-11-21-39)49(55-35-41-24-14-5-15-25-41)48(54-34-40-22-12-4-13-23-40)46(56-45)36-51-31-37-16-6-1-7-17-37/h1-28,45-50H,29-36H2/t45-,46+,47-,48+,49+/m0/s1. The van der Waals surface area contributed by atoms with Crippen molar-refractivity contribution in [2.75, 3.05) is 6.61 Å². The highest BCUT2D eigenvalue weighted by Gasteiger charge is 2.48. The lowest BCUT2D eigenvalue weighted by atomic mass is 9.90. The van der Waals surface area contributed by atoms with Crippen molar-refractivity contribution in [2.45, 2.75) is 76.6 Å². The fourth-order valence-corrected chi connectivity index (χ4v) is 7.00. The molecular weight excluding hydrogens is 701 g/mol. The molecule has 56 heavy (non-hydrogen) atoms. The molecule has 0 radical (unpaired) electrons. The predicted octanol–water partition coefficient (Wildman–Crippen LogP) is 9.04. The molecule has 0 aliphatic carbocycles. The molecule has 7 rings (SSSR count). The molecule has 0 saturated carbocycles. The Morgan fingerprint density at radius 1 is 0.429 bits per heavy atom. The Bertz CT molecular complexity index is 1990. The van der Waals surface area contributed by atoms with Gasteiger partial charge in [0.1, 0.15) is 36.8 Å². The molecule has 0 bridgehead atoms. The summed E-state index contributed by atoms with van der Waals surface area (Å²) in [5.74, 6) is 0.687. The van der Waals surface area contributed by atoms with Crippen molar-refractivity contribution in [3.8, 4) is 5.75 Å². The van der Waals surface area contributed by atoms with E-state index < -0.39 is 30.5 Å². The van der Waals surface area contributed by atoms with E-state index in [2.05, 4.69) is 48.5 Å². The molecule has 0 spiro atoms. The first-order chi connectivity index (χ1) is 27.7. The summed E-state index contributed by atoms with van der Waals surface area (Å²) in [6.45, 7) is 2.09. The summed E-state index contributed by atoms with van der Waals surface area (Å²) in [7, 11) is 0. The van der Waals surface area contributed by atoms with Crippen molar-refractivity contribution in [3.05, 3.63) is 209 Å². The quantitative estimate of drug-likeness (QED) is 0.0886. The van der Waals surface area contributed by atoms with Gasteiger partial charge < -0.3 is 33.5 Å².